The van der Waals surface area contributed by atoms with Gasteiger partial charge in [-0.15, -0.1) is 0 Å². The first-order valence-electron chi connectivity index (χ1n) is 6.30. The first kappa shape index (κ1) is 14.2. The lowest BCUT2D eigenvalue weighted by Crippen LogP contribution is -2.05. The van der Waals surface area contributed by atoms with E-state index in [4.69, 9.17) is 0 Å². The third-order valence-corrected chi connectivity index (χ3v) is 2.95. The average molecular weight is 242 g/mol. The number of imidazole rings is 1. The number of aromatic nitrogens is 2. The summed E-state index contributed by atoms with van der Waals surface area (Å²) in [6.07, 6.45) is 10.9. The van der Waals surface area contributed by atoms with Crippen LogP contribution in [0.15, 0.2) is 37.0 Å². The first-order chi connectivity index (χ1) is 8.67. The number of hydrogen-bond donors (Lipinski definition) is 0. The van der Waals surface area contributed by atoms with Crippen molar-refractivity contribution in [2.45, 2.75) is 33.7 Å². The summed E-state index contributed by atoms with van der Waals surface area (Å²) in [7, 11) is 0. The van der Waals surface area contributed by atoms with Crippen molar-refractivity contribution in [1.29, 1.82) is 0 Å². The van der Waals surface area contributed by atoms with Gasteiger partial charge in [0.15, 0.2) is 0 Å². The Morgan fingerprint density at radius 2 is 2.06 bits per heavy atom. The fourth-order valence-corrected chi connectivity index (χ4v) is 1.89. The van der Waals surface area contributed by atoms with E-state index in [9.17, 15) is 0 Å². The van der Waals surface area contributed by atoms with E-state index in [1.54, 1.807) is 6.08 Å². The monoisotopic (exact) mass is 242 g/mol. The van der Waals surface area contributed by atoms with Gasteiger partial charge in [-0.2, -0.15) is 0 Å². The minimum atomic E-state index is 0.856. The lowest BCUT2D eigenvalue weighted by molar-refractivity contribution is 0.722. The Morgan fingerprint density at radius 1 is 1.33 bits per heavy atom. The lowest BCUT2D eigenvalue weighted by atomic mass is 10.1. The summed E-state index contributed by atoms with van der Waals surface area (Å²) in [6.45, 7) is 14.7. The SMILES string of the molecule is C=Cc1nc(C)n(C/C(=C/C=C\C)CC)c1C=C. The number of hydrogen-bond acceptors (Lipinski definition) is 1. The zero-order chi connectivity index (χ0) is 13.5. The number of rotatable bonds is 6. The predicted molar refractivity (Wildman–Crippen MR) is 80.3 cm³/mol. The maximum absolute atomic E-state index is 4.50. The Hall–Kier alpha value is -1.83. The highest BCUT2D eigenvalue weighted by Crippen LogP contribution is 2.17. The van der Waals surface area contributed by atoms with Gasteiger partial charge in [-0.3, -0.25) is 0 Å². The summed E-state index contributed by atoms with van der Waals surface area (Å²) in [6, 6.07) is 0. The summed E-state index contributed by atoms with van der Waals surface area (Å²) in [5.74, 6) is 1.000. The first-order valence-corrected chi connectivity index (χ1v) is 6.30. The van der Waals surface area contributed by atoms with Crippen molar-refractivity contribution in [3.63, 3.8) is 0 Å². The molecule has 0 spiro atoms. The maximum Gasteiger partial charge on any atom is 0.107 e. The van der Waals surface area contributed by atoms with Crippen LogP contribution >= 0.6 is 0 Å². The van der Waals surface area contributed by atoms with Gasteiger partial charge in [-0.05, 0) is 32.4 Å². The summed E-state index contributed by atoms with van der Waals surface area (Å²) < 4.78 is 2.18. The van der Waals surface area contributed by atoms with Crippen LogP contribution in [0.25, 0.3) is 12.2 Å². The van der Waals surface area contributed by atoms with Gasteiger partial charge in [0.1, 0.15) is 5.82 Å². The fourth-order valence-electron chi connectivity index (χ4n) is 1.89. The van der Waals surface area contributed by atoms with E-state index in [0.717, 1.165) is 30.2 Å². The van der Waals surface area contributed by atoms with Crippen LogP contribution in [0.4, 0.5) is 0 Å². The highest BCUT2D eigenvalue weighted by molar-refractivity contribution is 5.58. The number of aryl methyl sites for hydroxylation is 1. The van der Waals surface area contributed by atoms with E-state index >= 15 is 0 Å². The van der Waals surface area contributed by atoms with Crippen molar-refractivity contribution in [1.82, 2.24) is 9.55 Å². The molecule has 1 aromatic heterocycles. The Kier molecular flexibility index (Phi) is 5.37. The summed E-state index contributed by atoms with van der Waals surface area (Å²) in [4.78, 5) is 4.50. The molecule has 0 unspecified atom stereocenters. The van der Waals surface area contributed by atoms with E-state index in [1.807, 2.05) is 26.0 Å². The summed E-state index contributed by atoms with van der Waals surface area (Å²) >= 11 is 0. The van der Waals surface area contributed by atoms with Gasteiger partial charge in [0.2, 0.25) is 0 Å². The molecule has 0 aliphatic carbocycles. The average Bonchev–Trinajstić information content (AvgIpc) is 2.70. The second-order valence-electron chi connectivity index (χ2n) is 4.13. The minimum Gasteiger partial charge on any atom is -0.324 e. The van der Waals surface area contributed by atoms with Gasteiger partial charge in [0.05, 0.1) is 11.4 Å². The van der Waals surface area contributed by atoms with Crippen molar-refractivity contribution in [3.8, 4) is 0 Å². The van der Waals surface area contributed by atoms with Crippen molar-refractivity contribution < 1.29 is 0 Å². The Balaban J connectivity index is 3.13. The van der Waals surface area contributed by atoms with Crippen LogP contribution in [-0.4, -0.2) is 9.55 Å². The standard InChI is InChI=1S/C16H22N2/c1-6-10-11-14(7-2)12-18-13(5)17-15(8-3)16(18)9-4/h6,8-11H,3-4,7,12H2,1-2,5H3/b10-6-,14-11+. The molecule has 0 amide bonds. The fraction of sp³-hybridized carbons (Fsp3) is 0.312. The van der Waals surface area contributed by atoms with Crippen molar-refractivity contribution >= 4 is 12.2 Å². The highest BCUT2D eigenvalue weighted by Gasteiger charge is 2.10. The lowest BCUT2D eigenvalue weighted by Gasteiger charge is -2.10. The van der Waals surface area contributed by atoms with Crippen LogP contribution in [0.3, 0.4) is 0 Å². The minimum absolute atomic E-state index is 0.856. The third-order valence-electron chi connectivity index (χ3n) is 2.95. The molecule has 1 aromatic rings. The molecule has 0 N–H and O–H groups in total. The predicted octanol–water partition coefficient (Wildman–Crippen LogP) is 4.39. The molecule has 2 heteroatoms. The molecule has 0 fully saturated rings. The molecule has 2 nitrogen and oxygen atoms in total. The van der Waals surface area contributed by atoms with Crippen molar-refractivity contribution in [2.24, 2.45) is 0 Å². The van der Waals surface area contributed by atoms with E-state index in [0.29, 0.717) is 0 Å². The van der Waals surface area contributed by atoms with Gasteiger partial charge in [0, 0.05) is 6.54 Å². The molecule has 1 rings (SSSR count). The second-order valence-corrected chi connectivity index (χ2v) is 4.13. The van der Waals surface area contributed by atoms with Crippen LogP contribution in [0.5, 0.6) is 0 Å². The molecule has 0 aliphatic heterocycles. The van der Waals surface area contributed by atoms with E-state index in [-0.39, 0.29) is 0 Å². The summed E-state index contributed by atoms with van der Waals surface area (Å²) in [5.41, 5.74) is 3.32. The zero-order valence-electron chi connectivity index (χ0n) is 11.6. The Morgan fingerprint density at radius 3 is 2.56 bits per heavy atom. The third kappa shape index (κ3) is 3.10. The van der Waals surface area contributed by atoms with Crippen LogP contribution in [0.2, 0.25) is 0 Å². The van der Waals surface area contributed by atoms with Gasteiger partial charge in [0.25, 0.3) is 0 Å². The van der Waals surface area contributed by atoms with Gasteiger partial charge in [-0.1, -0.05) is 43.9 Å². The van der Waals surface area contributed by atoms with Crippen LogP contribution in [0, 0.1) is 6.92 Å². The topological polar surface area (TPSA) is 17.8 Å². The Bertz CT molecular complexity index is 487. The highest BCUT2D eigenvalue weighted by atomic mass is 15.1. The maximum atomic E-state index is 4.50. The summed E-state index contributed by atoms with van der Waals surface area (Å²) in [5, 5.41) is 0. The molecule has 0 saturated heterocycles. The molecule has 0 saturated carbocycles. The van der Waals surface area contributed by atoms with E-state index in [1.165, 1.54) is 5.57 Å². The van der Waals surface area contributed by atoms with Crippen LogP contribution in [-0.2, 0) is 6.54 Å². The molecule has 96 valence electrons. The number of allylic oxidation sites excluding steroid dienone is 4. The largest absolute Gasteiger partial charge is 0.324 e. The molecule has 0 aromatic carbocycles. The second kappa shape index (κ2) is 6.80. The van der Waals surface area contributed by atoms with Gasteiger partial charge < -0.3 is 4.57 Å². The molecular weight excluding hydrogens is 220 g/mol. The van der Waals surface area contributed by atoms with Gasteiger partial charge >= 0.3 is 0 Å². The normalized spacial score (nSPS) is 12.1. The van der Waals surface area contributed by atoms with Crippen LogP contribution in [0.1, 0.15) is 37.5 Å². The smallest absolute Gasteiger partial charge is 0.107 e. The van der Waals surface area contributed by atoms with Gasteiger partial charge in [-0.25, -0.2) is 4.98 Å². The van der Waals surface area contributed by atoms with E-state index < -0.39 is 0 Å². The number of nitrogens with zero attached hydrogens (tertiary/aromatic N) is 2. The van der Waals surface area contributed by atoms with Crippen LogP contribution < -0.4 is 0 Å². The van der Waals surface area contributed by atoms with E-state index in [2.05, 4.69) is 41.8 Å². The zero-order valence-corrected chi connectivity index (χ0v) is 11.6. The molecule has 0 bridgehead atoms. The quantitative estimate of drug-likeness (QED) is 0.676. The van der Waals surface area contributed by atoms with Crippen molar-refractivity contribution in [2.75, 3.05) is 0 Å². The molecular formula is C16H22N2. The molecule has 1 heterocycles. The molecule has 0 atom stereocenters. The molecule has 0 radical (unpaired) electrons. The molecule has 18 heavy (non-hydrogen) atoms. The Labute approximate surface area is 110 Å². The van der Waals surface area contributed by atoms with Crippen molar-refractivity contribution in [3.05, 3.63) is 54.2 Å². The molecule has 0 aliphatic rings.